The molecule has 1 aromatic carbocycles. The summed E-state index contributed by atoms with van der Waals surface area (Å²) in [5, 5.41) is 8.16. The maximum absolute atomic E-state index is 4.47. The van der Waals surface area contributed by atoms with E-state index in [1.807, 2.05) is 11.7 Å². The molecule has 0 fully saturated rings. The van der Waals surface area contributed by atoms with E-state index in [0.717, 1.165) is 25.1 Å². The summed E-state index contributed by atoms with van der Waals surface area (Å²) in [7, 11) is 2.03. The zero-order chi connectivity index (χ0) is 15.4. The third kappa shape index (κ3) is 3.94. The number of rotatable bonds is 6. The van der Waals surface area contributed by atoms with Crippen LogP contribution in [0.5, 0.6) is 0 Å². The Morgan fingerprint density at radius 2 is 1.95 bits per heavy atom. The molecule has 0 bridgehead atoms. The summed E-state index contributed by atoms with van der Waals surface area (Å²) in [6.07, 6.45) is 2.12. The van der Waals surface area contributed by atoms with Crippen molar-refractivity contribution in [3.63, 3.8) is 0 Å². The van der Waals surface area contributed by atoms with Crippen molar-refractivity contribution in [2.24, 2.45) is 7.05 Å². The Labute approximate surface area is 128 Å². The number of nitrogens with zero attached hydrogens (tertiary/aromatic N) is 2. The maximum atomic E-state index is 4.47. The van der Waals surface area contributed by atoms with Crippen LogP contribution in [0.3, 0.4) is 0 Å². The fourth-order valence-electron chi connectivity index (χ4n) is 2.81. The number of hydrogen-bond acceptors (Lipinski definition) is 2. The van der Waals surface area contributed by atoms with Gasteiger partial charge in [0.05, 0.1) is 5.69 Å². The van der Waals surface area contributed by atoms with Crippen molar-refractivity contribution in [1.29, 1.82) is 0 Å². The second-order valence-corrected chi connectivity index (χ2v) is 5.97. The van der Waals surface area contributed by atoms with E-state index in [-0.39, 0.29) is 0 Å². The van der Waals surface area contributed by atoms with E-state index in [1.165, 1.54) is 22.4 Å². The Morgan fingerprint density at radius 3 is 2.57 bits per heavy atom. The summed E-state index contributed by atoms with van der Waals surface area (Å²) in [6.45, 7) is 9.66. The van der Waals surface area contributed by atoms with Crippen LogP contribution in [-0.2, 0) is 13.5 Å². The fourth-order valence-corrected chi connectivity index (χ4v) is 2.81. The van der Waals surface area contributed by atoms with Gasteiger partial charge < -0.3 is 5.32 Å². The predicted octanol–water partition coefficient (Wildman–Crippen LogP) is 3.63. The smallest absolute Gasteiger partial charge is 0.0596 e. The number of aryl methyl sites for hydroxylation is 4. The van der Waals surface area contributed by atoms with Gasteiger partial charge in [0.15, 0.2) is 0 Å². The van der Waals surface area contributed by atoms with Gasteiger partial charge in [-0.05, 0) is 50.9 Å². The fraction of sp³-hybridized carbons (Fsp3) is 0.500. The normalized spacial score (nSPS) is 12.6. The van der Waals surface area contributed by atoms with Crippen molar-refractivity contribution in [3.8, 4) is 0 Å². The van der Waals surface area contributed by atoms with Crippen LogP contribution in [0.1, 0.15) is 47.5 Å². The van der Waals surface area contributed by atoms with Crippen LogP contribution in [-0.4, -0.2) is 16.3 Å². The molecule has 2 aromatic rings. The molecule has 0 saturated carbocycles. The van der Waals surface area contributed by atoms with Crippen molar-refractivity contribution in [2.45, 2.75) is 46.6 Å². The van der Waals surface area contributed by atoms with E-state index in [2.05, 4.69) is 62.4 Å². The van der Waals surface area contributed by atoms with Crippen molar-refractivity contribution < 1.29 is 0 Å². The molecule has 0 saturated heterocycles. The molecule has 114 valence electrons. The third-order valence-corrected chi connectivity index (χ3v) is 3.96. The summed E-state index contributed by atoms with van der Waals surface area (Å²) in [4.78, 5) is 0. The highest BCUT2D eigenvalue weighted by Gasteiger charge is 2.16. The Bertz CT molecular complexity index is 599. The van der Waals surface area contributed by atoms with Gasteiger partial charge in [0, 0.05) is 25.2 Å². The molecule has 1 heterocycles. The molecule has 3 nitrogen and oxygen atoms in total. The molecule has 0 spiro atoms. The second kappa shape index (κ2) is 6.90. The van der Waals surface area contributed by atoms with Gasteiger partial charge in [-0.25, -0.2) is 0 Å². The van der Waals surface area contributed by atoms with Crippen LogP contribution >= 0.6 is 0 Å². The van der Waals surface area contributed by atoms with Gasteiger partial charge >= 0.3 is 0 Å². The van der Waals surface area contributed by atoms with E-state index in [0.29, 0.717) is 6.04 Å². The first-order chi connectivity index (χ1) is 10.0. The van der Waals surface area contributed by atoms with Crippen LogP contribution in [0.15, 0.2) is 24.3 Å². The van der Waals surface area contributed by atoms with Crippen molar-refractivity contribution >= 4 is 0 Å². The maximum Gasteiger partial charge on any atom is 0.0596 e. The largest absolute Gasteiger partial charge is 0.310 e. The van der Waals surface area contributed by atoms with Gasteiger partial charge in [0.25, 0.3) is 0 Å². The van der Waals surface area contributed by atoms with Crippen molar-refractivity contribution in [3.05, 3.63) is 52.3 Å². The molecule has 0 aliphatic heterocycles. The summed E-state index contributed by atoms with van der Waals surface area (Å²) >= 11 is 0. The van der Waals surface area contributed by atoms with E-state index in [9.17, 15) is 0 Å². The Balaban J connectivity index is 2.29. The van der Waals surface area contributed by atoms with Gasteiger partial charge in [0.1, 0.15) is 0 Å². The average molecular weight is 285 g/mol. The van der Waals surface area contributed by atoms with Crippen LogP contribution in [0.2, 0.25) is 0 Å². The summed E-state index contributed by atoms with van der Waals surface area (Å²) in [6, 6.07) is 9.25. The van der Waals surface area contributed by atoms with E-state index < -0.39 is 0 Å². The van der Waals surface area contributed by atoms with Gasteiger partial charge in [-0.2, -0.15) is 5.10 Å². The first-order valence-electron chi connectivity index (χ1n) is 7.81. The standard InChI is InChI=1S/C18H27N3/c1-6-9-19-18(12-16-11-15(4)20-21(16)5)17-10-13(2)7-8-14(17)3/h7-8,10-11,18-19H,6,9,12H2,1-5H3. The SMILES string of the molecule is CCCNC(Cc1cc(C)nn1C)c1cc(C)ccc1C. The number of aromatic nitrogens is 2. The highest BCUT2D eigenvalue weighted by molar-refractivity contribution is 5.34. The monoisotopic (exact) mass is 285 g/mol. The molecular formula is C18H27N3. The first kappa shape index (κ1) is 15.8. The Kier molecular flexibility index (Phi) is 5.18. The lowest BCUT2D eigenvalue weighted by Crippen LogP contribution is -2.25. The van der Waals surface area contributed by atoms with Gasteiger partial charge in [-0.15, -0.1) is 0 Å². The van der Waals surface area contributed by atoms with E-state index in [4.69, 9.17) is 0 Å². The average Bonchev–Trinajstić information content (AvgIpc) is 2.75. The van der Waals surface area contributed by atoms with Crippen LogP contribution < -0.4 is 5.32 Å². The van der Waals surface area contributed by atoms with E-state index in [1.54, 1.807) is 0 Å². The summed E-state index contributed by atoms with van der Waals surface area (Å²) in [5.41, 5.74) is 6.44. The van der Waals surface area contributed by atoms with Crippen LogP contribution in [0.4, 0.5) is 0 Å². The third-order valence-electron chi connectivity index (χ3n) is 3.96. The summed E-state index contributed by atoms with van der Waals surface area (Å²) in [5.74, 6) is 0. The summed E-state index contributed by atoms with van der Waals surface area (Å²) < 4.78 is 2.00. The lowest BCUT2D eigenvalue weighted by atomic mass is 9.95. The molecule has 1 aromatic heterocycles. The minimum atomic E-state index is 0.347. The molecule has 1 N–H and O–H groups in total. The zero-order valence-corrected chi connectivity index (χ0v) is 13.9. The molecule has 0 radical (unpaired) electrons. The molecule has 3 heteroatoms. The van der Waals surface area contributed by atoms with Crippen LogP contribution in [0, 0.1) is 20.8 Å². The quantitative estimate of drug-likeness (QED) is 0.878. The first-order valence-corrected chi connectivity index (χ1v) is 7.81. The number of hydrogen-bond donors (Lipinski definition) is 1. The lowest BCUT2D eigenvalue weighted by Gasteiger charge is -2.21. The molecular weight excluding hydrogens is 258 g/mol. The molecule has 0 aliphatic carbocycles. The highest BCUT2D eigenvalue weighted by Crippen LogP contribution is 2.23. The van der Waals surface area contributed by atoms with E-state index >= 15 is 0 Å². The second-order valence-electron chi connectivity index (χ2n) is 5.97. The molecule has 21 heavy (non-hydrogen) atoms. The van der Waals surface area contributed by atoms with Crippen LogP contribution in [0.25, 0.3) is 0 Å². The highest BCUT2D eigenvalue weighted by atomic mass is 15.3. The van der Waals surface area contributed by atoms with Crippen molar-refractivity contribution in [2.75, 3.05) is 6.54 Å². The molecule has 0 aliphatic rings. The topological polar surface area (TPSA) is 29.9 Å². The van der Waals surface area contributed by atoms with Gasteiger partial charge in [-0.1, -0.05) is 30.7 Å². The van der Waals surface area contributed by atoms with Gasteiger partial charge in [0.2, 0.25) is 0 Å². The Morgan fingerprint density at radius 1 is 1.19 bits per heavy atom. The predicted molar refractivity (Wildman–Crippen MR) is 88.6 cm³/mol. The molecule has 2 rings (SSSR count). The molecule has 1 unspecified atom stereocenters. The minimum Gasteiger partial charge on any atom is -0.310 e. The van der Waals surface area contributed by atoms with Crippen molar-refractivity contribution in [1.82, 2.24) is 15.1 Å². The Hall–Kier alpha value is -1.61. The molecule has 1 atom stereocenters. The lowest BCUT2D eigenvalue weighted by molar-refractivity contribution is 0.510. The van der Waals surface area contributed by atoms with Gasteiger partial charge in [-0.3, -0.25) is 4.68 Å². The number of nitrogens with one attached hydrogen (secondary N) is 1. The minimum absolute atomic E-state index is 0.347. The zero-order valence-electron chi connectivity index (χ0n) is 13.9. The number of benzene rings is 1. The molecule has 0 amide bonds.